The predicted octanol–water partition coefficient (Wildman–Crippen LogP) is 1.05. The first-order chi connectivity index (χ1) is 6.66. The molecule has 0 saturated heterocycles. The third kappa shape index (κ3) is 8.87. The minimum Gasteiger partial charge on any atom is -0.311 e. The zero-order chi connectivity index (χ0) is 12.1. The molecule has 0 fully saturated rings. The fourth-order valence-corrected chi connectivity index (χ4v) is 2.30. The number of sulfonamides is 1. The normalized spacial score (nSPS) is 14.3. The zero-order valence-corrected chi connectivity index (χ0v) is 11.2. The van der Waals surface area contributed by atoms with Crippen LogP contribution < -0.4 is 10.0 Å². The van der Waals surface area contributed by atoms with Gasteiger partial charge in [-0.05, 0) is 26.3 Å². The van der Waals surface area contributed by atoms with Gasteiger partial charge < -0.3 is 5.32 Å². The highest BCUT2D eigenvalue weighted by Gasteiger charge is 2.21. The highest BCUT2D eigenvalue weighted by molar-refractivity contribution is 7.88. The molecule has 0 aliphatic rings. The van der Waals surface area contributed by atoms with Crippen LogP contribution in [-0.4, -0.2) is 33.3 Å². The van der Waals surface area contributed by atoms with Gasteiger partial charge in [0, 0.05) is 24.2 Å². The van der Waals surface area contributed by atoms with Crippen molar-refractivity contribution in [3.8, 4) is 0 Å². The summed E-state index contributed by atoms with van der Waals surface area (Å²) in [6, 6.07) is 0. The molecule has 0 saturated carbocycles. The van der Waals surface area contributed by atoms with Gasteiger partial charge in [-0.3, -0.25) is 0 Å². The quantitative estimate of drug-likeness (QED) is 0.745. The van der Waals surface area contributed by atoms with E-state index in [0.717, 1.165) is 11.8 Å². The fraction of sp³-hybridized carbons (Fsp3) is 0.778. The summed E-state index contributed by atoms with van der Waals surface area (Å²) in [5, 5.41) is 3.12. The summed E-state index contributed by atoms with van der Waals surface area (Å²) in [7, 11) is -3.17. The lowest BCUT2D eigenvalue weighted by Crippen LogP contribution is -2.50. The standard InChI is InChI=1S/C9H19ClN2O2S/c1-8(5-10)6-11-7-9(2,3)12-15(4,13)14/h5,11-12H,6-7H2,1-4H3. The Bertz CT molecular complexity index is 323. The van der Waals surface area contributed by atoms with E-state index >= 15 is 0 Å². The molecule has 0 aromatic rings. The van der Waals surface area contributed by atoms with Crippen LogP contribution in [0.5, 0.6) is 0 Å². The van der Waals surface area contributed by atoms with E-state index in [9.17, 15) is 8.42 Å². The zero-order valence-electron chi connectivity index (χ0n) is 9.59. The Hall–Kier alpha value is -0.100. The molecule has 90 valence electrons. The Morgan fingerprint density at radius 2 is 2.00 bits per heavy atom. The van der Waals surface area contributed by atoms with Crippen LogP contribution in [0.2, 0.25) is 0 Å². The molecule has 0 aliphatic heterocycles. The predicted molar refractivity (Wildman–Crippen MR) is 64.5 cm³/mol. The van der Waals surface area contributed by atoms with E-state index < -0.39 is 15.6 Å². The summed E-state index contributed by atoms with van der Waals surface area (Å²) >= 11 is 5.49. The van der Waals surface area contributed by atoms with Crippen molar-refractivity contribution in [1.82, 2.24) is 10.0 Å². The van der Waals surface area contributed by atoms with Gasteiger partial charge >= 0.3 is 0 Å². The third-order valence-electron chi connectivity index (χ3n) is 1.62. The average molecular weight is 255 g/mol. The van der Waals surface area contributed by atoms with Crippen molar-refractivity contribution in [3.63, 3.8) is 0 Å². The Morgan fingerprint density at radius 3 is 2.40 bits per heavy atom. The SMILES string of the molecule is CC(=CCl)CNCC(C)(C)NS(C)(=O)=O. The first-order valence-electron chi connectivity index (χ1n) is 4.62. The molecule has 6 heteroatoms. The number of halogens is 1. The van der Waals surface area contributed by atoms with E-state index in [2.05, 4.69) is 10.0 Å². The van der Waals surface area contributed by atoms with Crippen molar-refractivity contribution < 1.29 is 8.42 Å². The lowest BCUT2D eigenvalue weighted by Gasteiger charge is -2.25. The molecule has 0 radical (unpaired) electrons. The van der Waals surface area contributed by atoms with Crippen molar-refractivity contribution in [2.75, 3.05) is 19.3 Å². The lowest BCUT2D eigenvalue weighted by molar-refractivity contribution is 0.428. The third-order valence-corrected chi connectivity index (χ3v) is 2.91. The number of nitrogens with one attached hydrogen (secondary N) is 2. The Balaban J connectivity index is 4.06. The maximum Gasteiger partial charge on any atom is 0.209 e. The van der Waals surface area contributed by atoms with Crippen molar-refractivity contribution in [2.45, 2.75) is 26.3 Å². The fourth-order valence-electron chi connectivity index (χ4n) is 1.15. The van der Waals surface area contributed by atoms with Gasteiger partial charge in [0.2, 0.25) is 10.0 Å². The lowest BCUT2D eigenvalue weighted by atomic mass is 10.1. The van der Waals surface area contributed by atoms with Gasteiger partial charge in [0.05, 0.1) is 6.26 Å². The summed E-state index contributed by atoms with van der Waals surface area (Å²) in [4.78, 5) is 0. The maximum absolute atomic E-state index is 11.0. The highest BCUT2D eigenvalue weighted by atomic mass is 35.5. The largest absolute Gasteiger partial charge is 0.311 e. The van der Waals surface area contributed by atoms with Gasteiger partial charge in [0.15, 0.2) is 0 Å². The molecule has 0 unspecified atom stereocenters. The van der Waals surface area contributed by atoms with E-state index in [-0.39, 0.29) is 0 Å². The Morgan fingerprint density at radius 1 is 1.47 bits per heavy atom. The summed E-state index contributed by atoms with van der Waals surface area (Å²) < 4.78 is 24.6. The molecule has 0 atom stereocenters. The minimum absolute atomic E-state index is 0.500. The van der Waals surface area contributed by atoms with Crippen LogP contribution >= 0.6 is 11.6 Å². The molecule has 4 nitrogen and oxygen atoms in total. The summed E-state index contributed by atoms with van der Waals surface area (Å²) in [6.45, 7) is 6.74. The van der Waals surface area contributed by atoms with Crippen LogP contribution in [0.4, 0.5) is 0 Å². The molecule has 0 spiro atoms. The van der Waals surface area contributed by atoms with Crippen LogP contribution in [0, 0.1) is 0 Å². The second kappa shape index (κ2) is 5.84. The van der Waals surface area contributed by atoms with Crippen molar-refractivity contribution in [1.29, 1.82) is 0 Å². The summed E-state index contributed by atoms with van der Waals surface area (Å²) in [5.41, 5.74) is 2.01. The average Bonchev–Trinajstić information content (AvgIpc) is 1.98. The van der Waals surface area contributed by atoms with Crippen LogP contribution in [0.15, 0.2) is 11.1 Å². The van der Waals surface area contributed by atoms with Crippen LogP contribution in [0.3, 0.4) is 0 Å². The van der Waals surface area contributed by atoms with Crippen LogP contribution in [0.25, 0.3) is 0 Å². The molecule has 0 heterocycles. The maximum atomic E-state index is 11.0. The van der Waals surface area contributed by atoms with Gasteiger partial charge in [-0.25, -0.2) is 13.1 Å². The van der Waals surface area contributed by atoms with Gasteiger partial charge in [0.1, 0.15) is 0 Å². The number of hydrogen-bond donors (Lipinski definition) is 2. The molecular formula is C9H19ClN2O2S. The molecule has 0 aromatic heterocycles. The van der Waals surface area contributed by atoms with Crippen molar-refractivity contribution in [3.05, 3.63) is 11.1 Å². The smallest absolute Gasteiger partial charge is 0.209 e. The van der Waals surface area contributed by atoms with Gasteiger partial charge in [0.25, 0.3) is 0 Å². The molecule has 0 aromatic carbocycles. The first-order valence-corrected chi connectivity index (χ1v) is 6.94. The first kappa shape index (κ1) is 14.9. The minimum atomic E-state index is -3.17. The summed E-state index contributed by atoms with van der Waals surface area (Å²) in [6.07, 6.45) is 1.15. The van der Waals surface area contributed by atoms with Crippen LogP contribution in [-0.2, 0) is 10.0 Å². The van der Waals surface area contributed by atoms with E-state index in [0.29, 0.717) is 13.1 Å². The Labute approximate surface area is 97.1 Å². The topological polar surface area (TPSA) is 58.2 Å². The monoisotopic (exact) mass is 254 g/mol. The van der Waals surface area contributed by atoms with Crippen molar-refractivity contribution >= 4 is 21.6 Å². The van der Waals surface area contributed by atoms with E-state index in [1.807, 2.05) is 20.8 Å². The van der Waals surface area contributed by atoms with Gasteiger partial charge in [-0.2, -0.15) is 0 Å². The van der Waals surface area contributed by atoms with E-state index in [1.54, 1.807) is 0 Å². The Kier molecular flexibility index (Phi) is 5.80. The molecule has 15 heavy (non-hydrogen) atoms. The molecular weight excluding hydrogens is 236 g/mol. The number of rotatable bonds is 6. The second-order valence-corrected chi connectivity index (χ2v) is 6.28. The van der Waals surface area contributed by atoms with E-state index in [1.165, 1.54) is 5.54 Å². The number of hydrogen-bond acceptors (Lipinski definition) is 3. The molecule has 2 N–H and O–H groups in total. The van der Waals surface area contributed by atoms with Crippen molar-refractivity contribution in [2.24, 2.45) is 0 Å². The molecule has 0 aliphatic carbocycles. The van der Waals surface area contributed by atoms with Gasteiger partial charge in [-0.1, -0.05) is 11.6 Å². The van der Waals surface area contributed by atoms with E-state index in [4.69, 9.17) is 11.6 Å². The molecule has 0 bridgehead atoms. The molecule has 0 amide bonds. The van der Waals surface area contributed by atoms with Crippen LogP contribution in [0.1, 0.15) is 20.8 Å². The van der Waals surface area contributed by atoms with Gasteiger partial charge in [-0.15, -0.1) is 0 Å². The summed E-state index contributed by atoms with van der Waals surface area (Å²) in [5.74, 6) is 0. The molecule has 0 rings (SSSR count). The second-order valence-electron chi connectivity index (χ2n) is 4.32. The highest BCUT2D eigenvalue weighted by Crippen LogP contribution is 2.02.